The average molecular weight is 524 g/mol. The van der Waals surface area contributed by atoms with Gasteiger partial charge in [0.1, 0.15) is 4.90 Å². The first-order valence-corrected chi connectivity index (χ1v) is 12.5. The molecule has 4 rings (SSSR count). The maximum absolute atomic E-state index is 12.7. The van der Waals surface area contributed by atoms with Crippen LogP contribution in [0.5, 0.6) is 11.5 Å². The summed E-state index contributed by atoms with van der Waals surface area (Å²) >= 11 is 6.33. The Morgan fingerprint density at radius 3 is 2.42 bits per heavy atom. The van der Waals surface area contributed by atoms with Gasteiger partial charge in [0.25, 0.3) is 5.91 Å². The molecule has 0 spiro atoms. The van der Waals surface area contributed by atoms with Crippen molar-refractivity contribution in [3.8, 4) is 17.2 Å². The average Bonchev–Trinajstić information content (AvgIpc) is 3.40. The fourth-order valence-corrected chi connectivity index (χ4v) is 4.63. The van der Waals surface area contributed by atoms with E-state index in [9.17, 15) is 13.2 Å². The first-order chi connectivity index (χ1) is 17.3. The summed E-state index contributed by atoms with van der Waals surface area (Å²) in [6, 6.07) is 20.0. The van der Waals surface area contributed by atoms with E-state index in [1.807, 2.05) is 48.1 Å². The number of nitrogens with zero attached hydrogens (tertiary/aromatic N) is 2. The minimum Gasteiger partial charge on any atom is -0.493 e. The Kier molecular flexibility index (Phi) is 7.42. The predicted molar refractivity (Wildman–Crippen MR) is 138 cm³/mol. The number of hydrogen-bond donors (Lipinski definition) is 1. The monoisotopic (exact) mass is 523 g/mol. The van der Waals surface area contributed by atoms with E-state index in [1.54, 1.807) is 24.3 Å². The Balaban J connectivity index is 1.52. The van der Waals surface area contributed by atoms with Gasteiger partial charge in [0, 0.05) is 12.4 Å². The van der Waals surface area contributed by atoms with E-state index in [2.05, 4.69) is 10.5 Å². The van der Waals surface area contributed by atoms with E-state index in [0.29, 0.717) is 16.8 Å². The molecule has 3 aromatic carbocycles. The van der Waals surface area contributed by atoms with Crippen LogP contribution in [0.4, 0.5) is 0 Å². The van der Waals surface area contributed by atoms with Crippen LogP contribution in [0.3, 0.4) is 0 Å². The lowest BCUT2D eigenvalue weighted by Crippen LogP contribution is -2.19. The van der Waals surface area contributed by atoms with Crippen LogP contribution in [0.2, 0.25) is 5.02 Å². The molecular weight excluding hydrogens is 502 g/mol. The van der Waals surface area contributed by atoms with Gasteiger partial charge in [0.05, 0.1) is 29.6 Å². The predicted octanol–water partition coefficient (Wildman–Crippen LogP) is 4.98. The molecule has 0 aliphatic rings. The van der Waals surface area contributed by atoms with Gasteiger partial charge in [-0.1, -0.05) is 41.4 Å². The Morgan fingerprint density at radius 1 is 1.03 bits per heavy atom. The highest BCUT2D eigenvalue weighted by atomic mass is 35.5. The van der Waals surface area contributed by atoms with Gasteiger partial charge in [0.2, 0.25) is 5.75 Å². The van der Waals surface area contributed by atoms with Gasteiger partial charge in [-0.3, -0.25) is 4.79 Å². The summed E-state index contributed by atoms with van der Waals surface area (Å²) in [4.78, 5) is 12.7. The third-order valence-corrected chi connectivity index (χ3v) is 6.68. The molecule has 1 aromatic heterocycles. The van der Waals surface area contributed by atoms with E-state index < -0.39 is 16.0 Å². The SMILES string of the molecule is COc1cc(/C=N\NC(=O)c2ccccc2-n2cccc2)cc(Cl)c1OS(=O)(=O)c1ccc(C)cc1. The lowest BCUT2D eigenvalue weighted by molar-refractivity contribution is 0.0955. The van der Waals surface area contributed by atoms with E-state index in [-0.39, 0.29) is 21.4 Å². The molecule has 0 atom stereocenters. The molecule has 0 saturated heterocycles. The van der Waals surface area contributed by atoms with Crippen LogP contribution in [-0.4, -0.2) is 32.2 Å². The largest absolute Gasteiger partial charge is 0.493 e. The fraction of sp³-hybridized carbons (Fsp3) is 0.0769. The van der Waals surface area contributed by atoms with Crippen LogP contribution < -0.4 is 14.3 Å². The molecule has 0 fully saturated rings. The smallest absolute Gasteiger partial charge is 0.339 e. The highest BCUT2D eigenvalue weighted by Gasteiger charge is 2.22. The molecule has 184 valence electrons. The number of carbonyl (C=O) groups is 1. The summed E-state index contributed by atoms with van der Waals surface area (Å²) in [5.41, 5.74) is 5.00. The van der Waals surface area contributed by atoms with Crippen molar-refractivity contribution in [2.75, 3.05) is 7.11 Å². The second kappa shape index (κ2) is 10.7. The number of carbonyl (C=O) groups excluding carboxylic acids is 1. The summed E-state index contributed by atoms with van der Waals surface area (Å²) in [5, 5.41) is 4.01. The molecule has 0 unspecified atom stereocenters. The third-order valence-electron chi connectivity index (χ3n) is 5.17. The van der Waals surface area contributed by atoms with Crippen molar-refractivity contribution in [1.29, 1.82) is 0 Å². The Hall–Kier alpha value is -4.08. The van der Waals surface area contributed by atoms with Gasteiger partial charge >= 0.3 is 10.1 Å². The summed E-state index contributed by atoms with van der Waals surface area (Å²) in [6.45, 7) is 1.85. The normalized spacial score (nSPS) is 11.4. The number of amides is 1. The number of nitrogens with one attached hydrogen (secondary N) is 1. The molecule has 1 heterocycles. The molecule has 0 bridgehead atoms. The van der Waals surface area contributed by atoms with Crippen molar-refractivity contribution in [1.82, 2.24) is 9.99 Å². The zero-order valence-electron chi connectivity index (χ0n) is 19.4. The number of halogens is 1. The Labute approximate surface area is 213 Å². The van der Waals surface area contributed by atoms with Crippen molar-refractivity contribution < 1.29 is 22.1 Å². The van der Waals surface area contributed by atoms with Crippen LogP contribution in [0.25, 0.3) is 5.69 Å². The van der Waals surface area contributed by atoms with E-state index in [1.165, 1.54) is 37.6 Å². The number of hydrogen-bond acceptors (Lipinski definition) is 6. The molecule has 4 aromatic rings. The van der Waals surface area contributed by atoms with Gasteiger partial charge in [0.15, 0.2) is 5.75 Å². The number of aromatic nitrogens is 1. The van der Waals surface area contributed by atoms with Gasteiger partial charge in [-0.05, 0) is 61.0 Å². The summed E-state index contributed by atoms with van der Waals surface area (Å²) < 4.78 is 37.8. The van der Waals surface area contributed by atoms with Gasteiger partial charge in [-0.25, -0.2) is 5.43 Å². The molecule has 0 aliphatic heterocycles. The fourth-order valence-electron chi connectivity index (χ4n) is 3.37. The van der Waals surface area contributed by atoms with E-state index in [0.717, 1.165) is 5.56 Å². The second-order valence-corrected chi connectivity index (χ2v) is 9.64. The topological polar surface area (TPSA) is 99.0 Å². The molecule has 36 heavy (non-hydrogen) atoms. The van der Waals surface area contributed by atoms with Gasteiger partial charge < -0.3 is 13.5 Å². The molecule has 8 nitrogen and oxygen atoms in total. The van der Waals surface area contributed by atoms with E-state index >= 15 is 0 Å². The molecular formula is C26H22ClN3O5S. The minimum atomic E-state index is -4.14. The number of aryl methyl sites for hydroxylation is 1. The number of benzene rings is 3. The van der Waals surface area contributed by atoms with Crippen molar-refractivity contribution in [3.63, 3.8) is 0 Å². The summed E-state index contributed by atoms with van der Waals surface area (Å²) in [6.07, 6.45) is 5.04. The van der Waals surface area contributed by atoms with Crippen molar-refractivity contribution in [2.24, 2.45) is 5.10 Å². The van der Waals surface area contributed by atoms with Crippen molar-refractivity contribution in [2.45, 2.75) is 11.8 Å². The quantitative estimate of drug-likeness (QED) is 0.199. The maximum Gasteiger partial charge on any atom is 0.339 e. The summed E-state index contributed by atoms with van der Waals surface area (Å²) in [5.74, 6) is -0.469. The first kappa shape index (κ1) is 25.0. The van der Waals surface area contributed by atoms with E-state index in [4.69, 9.17) is 20.5 Å². The Bertz CT molecular complexity index is 1520. The zero-order valence-corrected chi connectivity index (χ0v) is 21.0. The highest BCUT2D eigenvalue weighted by molar-refractivity contribution is 7.87. The molecule has 1 N–H and O–H groups in total. The first-order valence-electron chi connectivity index (χ1n) is 10.7. The molecule has 10 heteroatoms. The van der Waals surface area contributed by atoms with Crippen LogP contribution >= 0.6 is 11.6 Å². The minimum absolute atomic E-state index is 0.00392. The van der Waals surface area contributed by atoms with Crippen LogP contribution in [-0.2, 0) is 10.1 Å². The van der Waals surface area contributed by atoms with Crippen LogP contribution in [0.15, 0.2) is 95.2 Å². The lowest BCUT2D eigenvalue weighted by atomic mass is 10.1. The number of hydrazone groups is 1. The second-order valence-electron chi connectivity index (χ2n) is 7.69. The summed E-state index contributed by atoms with van der Waals surface area (Å²) in [7, 11) is -2.78. The maximum atomic E-state index is 12.7. The van der Waals surface area contributed by atoms with Crippen LogP contribution in [0, 0.1) is 6.92 Å². The molecule has 1 amide bonds. The number of para-hydroxylation sites is 1. The number of ether oxygens (including phenoxy) is 1. The standard InChI is InChI=1S/C26H22ClN3O5S/c1-18-9-11-20(12-10-18)36(32,33)35-25-22(27)15-19(16-24(25)34-2)17-28-29-26(31)21-7-3-4-8-23(21)30-13-5-6-14-30/h3-17H,1-2H3,(H,29,31)/b28-17-. The zero-order chi connectivity index (χ0) is 25.7. The lowest BCUT2D eigenvalue weighted by Gasteiger charge is -2.13. The van der Waals surface area contributed by atoms with Gasteiger partial charge in [-0.15, -0.1) is 0 Å². The highest BCUT2D eigenvalue weighted by Crippen LogP contribution is 2.38. The molecule has 0 radical (unpaired) electrons. The molecule has 0 saturated carbocycles. The Morgan fingerprint density at radius 2 is 1.72 bits per heavy atom. The number of rotatable bonds is 8. The van der Waals surface area contributed by atoms with Gasteiger partial charge in [-0.2, -0.15) is 13.5 Å². The van der Waals surface area contributed by atoms with Crippen molar-refractivity contribution in [3.05, 3.63) is 107 Å². The van der Waals surface area contributed by atoms with Crippen molar-refractivity contribution >= 4 is 33.8 Å². The third kappa shape index (κ3) is 5.59. The molecule has 0 aliphatic carbocycles. The van der Waals surface area contributed by atoms with Crippen LogP contribution in [0.1, 0.15) is 21.5 Å². The number of methoxy groups -OCH3 is 1.